The molecule has 2 aromatic heterocycles. The van der Waals surface area contributed by atoms with Gasteiger partial charge in [0.2, 0.25) is 0 Å². The summed E-state index contributed by atoms with van der Waals surface area (Å²) in [4.78, 5) is 17.4. The molecule has 0 spiro atoms. The van der Waals surface area contributed by atoms with E-state index in [2.05, 4.69) is 10.3 Å². The SMILES string of the molecule is COc1cc(NCc2cc(=O)n3c(C)csc3n2)c(OC)cc1Cl. The van der Waals surface area contributed by atoms with E-state index in [9.17, 15) is 4.79 Å². The summed E-state index contributed by atoms with van der Waals surface area (Å²) in [6.45, 7) is 2.26. The van der Waals surface area contributed by atoms with Gasteiger partial charge >= 0.3 is 0 Å². The normalized spacial score (nSPS) is 10.8. The Morgan fingerprint density at radius 2 is 2.00 bits per heavy atom. The third-order valence-corrected chi connectivity index (χ3v) is 4.80. The molecule has 0 atom stereocenters. The zero-order valence-electron chi connectivity index (χ0n) is 13.4. The summed E-state index contributed by atoms with van der Waals surface area (Å²) in [5.74, 6) is 1.13. The number of nitrogens with zero attached hydrogens (tertiary/aromatic N) is 2. The van der Waals surface area contributed by atoms with Gasteiger partial charge in [-0.2, -0.15) is 0 Å². The van der Waals surface area contributed by atoms with E-state index in [1.807, 2.05) is 12.3 Å². The van der Waals surface area contributed by atoms with Crippen molar-refractivity contribution in [3.63, 3.8) is 0 Å². The highest BCUT2D eigenvalue weighted by Gasteiger charge is 2.11. The van der Waals surface area contributed by atoms with Gasteiger partial charge in [0.05, 0.1) is 37.2 Å². The Labute approximate surface area is 147 Å². The van der Waals surface area contributed by atoms with E-state index in [0.717, 1.165) is 5.69 Å². The molecule has 0 unspecified atom stereocenters. The third kappa shape index (κ3) is 3.05. The second-order valence-corrected chi connectivity index (χ2v) is 6.37. The lowest BCUT2D eigenvalue weighted by Gasteiger charge is -2.13. The Morgan fingerprint density at radius 3 is 2.71 bits per heavy atom. The van der Waals surface area contributed by atoms with Crippen LogP contribution in [0.15, 0.2) is 28.4 Å². The zero-order valence-corrected chi connectivity index (χ0v) is 15.0. The molecule has 3 rings (SSSR count). The van der Waals surface area contributed by atoms with Crippen molar-refractivity contribution in [2.24, 2.45) is 0 Å². The molecule has 0 radical (unpaired) electrons. The highest BCUT2D eigenvalue weighted by Crippen LogP contribution is 2.36. The molecule has 24 heavy (non-hydrogen) atoms. The van der Waals surface area contributed by atoms with Gasteiger partial charge in [-0.1, -0.05) is 11.6 Å². The number of hydrogen-bond acceptors (Lipinski definition) is 6. The summed E-state index contributed by atoms with van der Waals surface area (Å²) in [7, 11) is 3.11. The van der Waals surface area contributed by atoms with Gasteiger partial charge in [0, 0.05) is 29.3 Å². The van der Waals surface area contributed by atoms with Crippen molar-refractivity contribution in [1.29, 1.82) is 0 Å². The van der Waals surface area contributed by atoms with Crippen molar-refractivity contribution in [3.05, 3.63) is 50.3 Å². The minimum Gasteiger partial charge on any atom is -0.495 e. The number of rotatable bonds is 5. The first-order valence-corrected chi connectivity index (χ1v) is 8.41. The van der Waals surface area contributed by atoms with E-state index < -0.39 is 0 Å². The smallest absolute Gasteiger partial charge is 0.259 e. The minimum absolute atomic E-state index is 0.0869. The van der Waals surface area contributed by atoms with E-state index >= 15 is 0 Å². The van der Waals surface area contributed by atoms with Gasteiger partial charge in [0.15, 0.2) is 4.96 Å². The van der Waals surface area contributed by atoms with E-state index in [0.29, 0.717) is 39.4 Å². The number of hydrogen-bond donors (Lipinski definition) is 1. The van der Waals surface area contributed by atoms with E-state index in [-0.39, 0.29) is 5.56 Å². The molecular weight excluding hydrogens is 350 g/mol. The number of benzene rings is 1. The molecule has 0 aliphatic carbocycles. The number of thiazole rings is 1. The predicted octanol–water partition coefficient (Wildman–Crippen LogP) is 3.35. The van der Waals surface area contributed by atoms with Crippen LogP contribution in [0.1, 0.15) is 11.4 Å². The molecule has 2 heterocycles. The predicted molar refractivity (Wildman–Crippen MR) is 96.0 cm³/mol. The van der Waals surface area contributed by atoms with E-state index in [1.165, 1.54) is 17.4 Å². The monoisotopic (exact) mass is 365 g/mol. The van der Waals surface area contributed by atoms with Crippen LogP contribution in [-0.2, 0) is 6.54 Å². The molecule has 0 amide bonds. The minimum atomic E-state index is -0.0869. The van der Waals surface area contributed by atoms with Crippen molar-refractivity contribution in [2.75, 3.05) is 19.5 Å². The molecule has 0 saturated carbocycles. The molecule has 126 valence electrons. The van der Waals surface area contributed by atoms with Crippen molar-refractivity contribution in [3.8, 4) is 11.5 Å². The van der Waals surface area contributed by atoms with Crippen LogP contribution in [0.25, 0.3) is 4.96 Å². The first kappa shape index (κ1) is 16.6. The summed E-state index contributed by atoms with van der Waals surface area (Å²) in [5.41, 5.74) is 2.16. The summed E-state index contributed by atoms with van der Waals surface area (Å²) in [6.07, 6.45) is 0. The van der Waals surface area contributed by atoms with Crippen LogP contribution in [0.5, 0.6) is 11.5 Å². The van der Waals surface area contributed by atoms with Crippen LogP contribution in [0.4, 0.5) is 5.69 Å². The van der Waals surface area contributed by atoms with Crippen LogP contribution >= 0.6 is 22.9 Å². The maximum absolute atomic E-state index is 12.2. The lowest BCUT2D eigenvalue weighted by molar-refractivity contribution is 0.404. The topological polar surface area (TPSA) is 64.9 Å². The van der Waals surface area contributed by atoms with Crippen molar-refractivity contribution in [2.45, 2.75) is 13.5 Å². The van der Waals surface area contributed by atoms with Crippen LogP contribution < -0.4 is 20.3 Å². The first-order valence-electron chi connectivity index (χ1n) is 7.15. The van der Waals surface area contributed by atoms with Gasteiger partial charge in [-0.15, -0.1) is 11.3 Å². The number of aromatic nitrogens is 2. The van der Waals surface area contributed by atoms with E-state index in [4.69, 9.17) is 21.1 Å². The van der Waals surface area contributed by atoms with Crippen LogP contribution in [0, 0.1) is 6.92 Å². The average Bonchev–Trinajstić information content (AvgIpc) is 2.94. The molecule has 6 nitrogen and oxygen atoms in total. The Kier molecular flexibility index (Phi) is 4.64. The third-order valence-electron chi connectivity index (χ3n) is 3.56. The number of ether oxygens (including phenoxy) is 2. The van der Waals surface area contributed by atoms with Gasteiger partial charge in [0.1, 0.15) is 11.5 Å². The fourth-order valence-corrected chi connectivity index (χ4v) is 3.50. The van der Waals surface area contributed by atoms with Gasteiger partial charge < -0.3 is 14.8 Å². The number of halogens is 1. The zero-order chi connectivity index (χ0) is 17.3. The second kappa shape index (κ2) is 6.70. The van der Waals surface area contributed by atoms with Crippen LogP contribution in [0.2, 0.25) is 5.02 Å². The summed E-state index contributed by atoms with van der Waals surface area (Å²) in [6, 6.07) is 4.96. The quantitative estimate of drug-likeness (QED) is 0.751. The van der Waals surface area contributed by atoms with Gasteiger partial charge in [0.25, 0.3) is 5.56 Å². The molecule has 3 aromatic rings. The first-order chi connectivity index (χ1) is 11.5. The maximum Gasteiger partial charge on any atom is 0.259 e. The molecule has 1 N–H and O–H groups in total. The average molecular weight is 366 g/mol. The maximum atomic E-state index is 12.2. The molecule has 0 aliphatic heterocycles. The van der Waals surface area contributed by atoms with Crippen molar-refractivity contribution in [1.82, 2.24) is 9.38 Å². The summed E-state index contributed by atoms with van der Waals surface area (Å²) < 4.78 is 12.1. The molecule has 0 bridgehead atoms. The highest BCUT2D eigenvalue weighted by molar-refractivity contribution is 7.15. The molecule has 0 aliphatic rings. The van der Waals surface area contributed by atoms with Crippen molar-refractivity contribution < 1.29 is 9.47 Å². The van der Waals surface area contributed by atoms with Gasteiger partial charge in [-0.3, -0.25) is 9.20 Å². The molecule has 1 aromatic carbocycles. The fourth-order valence-electron chi connectivity index (χ4n) is 2.38. The van der Waals surface area contributed by atoms with Crippen molar-refractivity contribution >= 4 is 33.6 Å². The number of anilines is 1. The summed E-state index contributed by atoms with van der Waals surface area (Å²) in [5, 5.41) is 5.59. The summed E-state index contributed by atoms with van der Waals surface area (Å²) >= 11 is 7.54. The lowest BCUT2D eigenvalue weighted by Crippen LogP contribution is -2.16. The van der Waals surface area contributed by atoms with Gasteiger partial charge in [-0.25, -0.2) is 4.98 Å². The largest absolute Gasteiger partial charge is 0.495 e. The molecule has 0 saturated heterocycles. The van der Waals surface area contributed by atoms with Crippen LogP contribution in [0.3, 0.4) is 0 Å². The molecule has 0 fully saturated rings. The Hall–Kier alpha value is -2.25. The number of nitrogens with one attached hydrogen (secondary N) is 1. The second-order valence-electron chi connectivity index (χ2n) is 5.12. The number of aryl methyl sites for hydroxylation is 1. The van der Waals surface area contributed by atoms with Crippen LogP contribution in [-0.4, -0.2) is 23.6 Å². The highest BCUT2D eigenvalue weighted by atomic mass is 35.5. The molecular formula is C16H16ClN3O3S. The molecule has 8 heteroatoms. The Bertz CT molecular complexity index is 952. The lowest BCUT2D eigenvalue weighted by atomic mass is 10.2. The number of methoxy groups -OCH3 is 2. The standard InChI is InChI=1S/C16H16ClN3O3S/c1-9-8-24-16-19-10(4-15(21)20(9)16)7-18-12-6-13(22-2)11(17)5-14(12)23-3/h4-6,8,18H,7H2,1-3H3. The Morgan fingerprint density at radius 1 is 1.25 bits per heavy atom. The fraction of sp³-hybridized carbons (Fsp3) is 0.250. The van der Waals surface area contributed by atoms with Gasteiger partial charge in [-0.05, 0) is 6.92 Å². The number of fused-ring (bicyclic) bond motifs is 1. The van der Waals surface area contributed by atoms with E-state index in [1.54, 1.807) is 30.8 Å². The Balaban J connectivity index is 1.89.